The van der Waals surface area contributed by atoms with Gasteiger partial charge in [0.1, 0.15) is 17.3 Å². The van der Waals surface area contributed by atoms with Crippen LogP contribution in [0.2, 0.25) is 5.02 Å². The van der Waals surface area contributed by atoms with Gasteiger partial charge in [-0.15, -0.1) is 0 Å². The predicted octanol–water partition coefficient (Wildman–Crippen LogP) is 5.52. The third kappa shape index (κ3) is 5.82. The lowest BCUT2D eigenvalue weighted by molar-refractivity contribution is 0.243. The zero-order chi connectivity index (χ0) is 24.9. The van der Waals surface area contributed by atoms with Crippen molar-refractivity contribution in [3.63, 3.8) is 0 Å². The number of methoxy groups -OCH3 is 2. The van der Waals surface area contributed by atoms with Crippen LogP contribution < -0.4 is 30.3 Å². The lowest BCUT2D eigenvalue weighted by atomic mass is 9.91. The number of amides is 2. The van der Waals surface area contributed by atoms with E-state index in [1.807, 2.05) is 32.3 Å². The van der Waals surface area contributed by atoms with E-state index >= 15 is 0 Å². The molecule has 0 spiro atoms. The van der Waals surface area contributed by atoms with Crippen molar-refractivity contribution in [3.05, 3.63) is 47.5 Å². The maximum atomic E-state index is 12.6. The number of hydrogen-bond acceptors (Lipinski definition) is 6. The molecule has 2 aromatic carbocycles. The van der Waals surface area contributed by atoms with E-state index in [1.54, 1.807) is 12.1 Å². The van der Waals surface area contributed by atoms with Crippen molar-refractivity contribution in [2.24, 2.45) is 0 Å². The molecule has 1 aliphatic carbocycles. The van der Waals surface area contributed by atoms with Gasteiger partial charge in [0.15, 0.2) is 0 Å². The Morgan fingerprint density at radius 2 is 1.69 bits per heavy atom. The van der Waals surface area contributed by atoms with Crippen LogP contribution in [0, 0.1) is 0 Å². The van der Waals surface area contributed by atoms with Gasteiger partial charge >= 0.3 is 6.03 Å². The fourth-order valence-corrected chi connectivity index (χ4v) is 4.73. The predicted molar refractivity (Wildman–Crippen MR) is 142 cm³/mol. The second-order valence-corrected chi connectivity index (χ2v) is 9.32. The fourth-order valence-electron chi connectivity index (χ4n) is 4.49. The molecule has 0 aliphatic heterocycles. The van der Waals surface area contributed by atoms with E-state index in [1.165, 1.54) is 14.2 Å². The molecule has 0 bridgehead atoms. The van der Waals surface area contributed by atoms with Crippen molar-refractivity contribution in [2.45, 2.75) is 37.8 Å². The van der Waals surface area contributed by atoms with Crippen LogP contribution >= 0.6 is 11.6 Å². The van der Waals surface area contributed by atoms with Gasteiger partial charge in [-0.25, -0.2) is 9.78 Å². The third-order valence-electron chi connectivity index (χ3n) is 6.31. The van der Waals surface area contributed by atoms with E-state index in [0.29, 0.717) is 28.3 Å². The number of nitrogens with zero attached hydrogens (tertiary/aromatic N) is 2. The van der Waals surface area contributed by atoms with Crippen LogP contribution in [0.15, 0.2) is 42.5 Å². The van der Waals surface area contributed by atoms with Crippen LogP contribution in [-0.2, 0) is 0 Å². The molecule has 2 amide bonds. The molecule has 3 N–H and O–H groups in total. The van der Waals surface area contributed by atoms with E-state index in [2.05, 4.69) is 33.0 Å². The summed E-state index contributed by atoms with van der Waals surface area (Å²) in [4.78, 5) is 19.6. The molecule has 1 aliphatic rings. The van der Waals surface area contributed by atoms with E-state index < -0.39 is 0 Å². The number of carbonyl (C=O) groups is 1. The molecule has 1 fully saturated rings. The minimum Gasteiger partial charge on any atom is -0.495 e. The minimum atomic E-state index is -0.284. The van der Waals surface area contributed by atoms with Gasteiger partial charge in [0.05, 0.1) is 30.4 Å². The smallest absolute Gasteiger partial charge is 0.319 e. The molecule has 0 atom stereocenters. The largest absolute Gasteiger partial charge is 0.495 e. The summed E-state index contributed by atoms with van der Waals surface area (Å²) in [5.41, 5.74) is 2.60. The molecular formula is C26H32ClN5O3. The Hall–Kier alpha value is -3.39. The summed E-state index contributed by atoms with van der Waals surface area (Å²) in [6.07, 6.45) is 3.63. The van der Waals surface area contributed by atoms with Gasteiger partial charge in [0.25, 0.3) is 0 Å². The molecule has 1 aromatic heterocycles. The average Bonchev–Trinajstić information content (AvgIpc) is 2.85. The normalized spacial score (nSPS) is 17.5. The van der Waals surface area contributed by atoms with Crippen molar-refractivity contribution in [1.82, 2.24) is 10.3 Å². The number of fused-ring (bicyclic) bond motifs is 1. The maximum absolute atomic E-state index is 12.6. The number of urea groups is 1. The molecule has 1 saturated carbocycles. The minimum absolute atomic E-state index is 0.0923. The molecular weight excluding hydrogens is 466 g/mol. The summed E-state index contributed by atoms with van der Waals surface area (Å²) in [5, 5.41) is 11.0. The highest BCUT2D eigenvalue weighted by atomic mass is 35.5. The number of benzene rings is 2. The van der Waals surface area contributed by atoms with Gasteiger partial charge < -0.3 is 30.3 Å². The van der Waals surface area contributed by atoms with Crippen LogP contribution in [0.4, 0.5) is 22.0 Å². The van der Waals surface area contributed by atoms with Crippen LogP contribution in [0.3, 0.4) is 0 Å². The molecule has 35 heavy (non-hydrogen) atoms. The number of aromatic nitrogens is 1. The van der Waals surface area contributed by atoms with Crippen molar-refractivity contribution in [1.29, 1.82) is 0 Å². The van der Waals surface area contributed by atoms with Gasteiger partial charge in [-0.05, 0) is 37.8 Å². The first kappa shape index (κ1) is 24.7. The first-order valence-electron chi connectivity index (χ1n) is 11.7. The number of rotatable bonds is 7. The third-order valence-corrected chi connectivity index (χ3v) is 6.61. The van der Waals surface area contributed by atoms with Crippen LogP contribution in [0.1, 0.15) is 25.7 Å². The van der Waals surface area contributed by atoms with Crippen LogP contribution in [0.5, 0.6) is 11.5 Å². The number of pyridine rings is 1. The van der Waals surface area contributed by atoms with Gasteiger partial charge in [-0.3, -0.25) is 0 Å². The Bertz CT molecular complexity index is 1200. The summed E-state index contributed by atoms with van der Waals surface area (Å²) < 4.78 is 10.6. The van der Waals surface area contributed by atoms with E-state index in [9.17, 15) is 4.79 Å². The number of nitrogens with one attached hydrogen (secondary N) is 3. The number of ether oxygens (including phenoxy) is 2. The highest BCUT2D eigenvalue weighted by Crippen LogP contribution is 2.36. The summed E-state index contributed by atoms with van der Waals surface area (Å²) in [5.74, 6) is 1.85. The monoisotopic (exact) mass is 497 g/mol. The molecule has 3 aromatic rings. The van der Waals surface area contributed by atoms with Crippen molar-refractivity contribution in [2.75, 3.05) is 43.8 Å². The van der Waals surface area contributed by atoms with E-state index in [0.717, 1.165) is 48.1 Å². The average molecular weight is 498 g/mol. The number of carbonyl (C=O) groups excluding carboxylic acids is 1. The van der Waals surface area contributed by atoms with Gasteiger partial charge in [0.2, 0.25) is 0 Å². The molecule has 0 unspecified atom stereocenters. The zero-order valence-corrected chi connectivity index (χ0v) is 21.3. The summed E-state index contributed by atoms with van der Waals surface area (Å²) >= 11 is 6.21. The standard InChI is InChI=1S/C26H32ClN5O3/c1-32(2)22-14-25(30-20-8-6-5-7-18(20)22)28-16-9-11-17(12-10-16)29-26(33)31-21-13-19(27)23(34-3)15-24(21)35-4/h5-8,13-17H,9-12H2,1-4H3,(H,28,30)(H2,29,31,33)/t16-,17+. The summed E-state index contributed by atoms with van der Waals surface area (Å²) in [6, 6.07) is 13.7. The fraction of sp³-hybridized carbons (Fsp3) is 0.385. The number of hydrogen-bond donors (Lipinski definition) is 3. The highest BCUT2D eigenvalue weighted by molar-refractivity contribution is 6.32. The number of para-hydroxylation sites is 1. The zero-order valence-electron chi connectivity index (χ0n) is 20.5. The van der Waals surface area contributed by atoms with E-state index in [4.69, 9.17) is 26.1 Å². The van der Waals surface area contributed by atoms with Crippen LogP contribution in [-0.4, -0.2) is 51.4 Å². The molecule has 186 valence electrons. The first-order valence-corrected chi connectivity index (χ1v) is 12.1. The summed E-state index contributed by atoms with van der Waals surface area (Å²) in [6.45, 7) is 0. The van der Waals surface area contributed by atoms with Crippen molar-refractivity contribution >= 4 is 45.7 Å². The SMILES string of the molecule is COc1cc(OC)c(NC(=O)N[C@H]2CC[C@@H](Nc3cc(N(C)C)c4ccccc4n3)CC2)cc1Cl. The van der Waals surface area contributed by atoms with E-state index in [-0.39, 0.29) is 12.1 Å². The number of halogens is 1. The molecule has 9 heteroatoms. The molecule has 4 rings (SSSR count). The quantitative estimate of drug-likeness (QED) is 0.398. The second kappa shape index (κ2) is 10.9. The molecule has 1 heterocycles. The van der Waals surface area contributed by atoms with Crippen molar-refractivity contribution in [3.8, 4) is 11.5 Å². The maximum Gasteiger partial charge on any atom is 0.319 e. The second-order valence-electron chi connectivity index (χ2n) is 8.92. The Labute approximate surface area is 210 Å². The van der Waals surface area contributed by atoms with Gasteiger partial charge in [-0.2, -0.15) is 0 Å². The molecule has 0 saturated heterocycles. The topological polar surface area (TPSA) is 87.8 Å². The Morgan fingerprint density at radius 3 is 2.37 bits per heavy atom. The number of anilines is 3. The Morgan fingerprint density at radius 1 is 1.00 bits per heavy atom. The Kier molecular flexibility index (Phi) is 7.70. The summed E-state index contributed by atoms with van der Waals surface area (Å²) in [7, 11) is 7.15. The van der Waals surface area contributed by atoms with Crippen LogP contribution in [0.25, 0.3) is 10.9 Å². The van der Waals surface area contributed by atoms with Crippen molar-refractivity contribution < 1.29 is 14.3 Å². The lowest BCUT2D eigenvalue weighted by Crippen LogP contribution is -2.42. The molecule has 0 radical (unpaired) electrons. The lowest BCUT2D eigenvalue weighted by Gasteiger charge is -2.30. The molecule has 8 nitrogen and oxygen atoms in total. The first-order chi connectivity index (χ1) is 16.9. The van der Waals surface area contributed by atoms with Gasteiger partial charge in [0, 0.05) is 49.4 Å². The highest BCUT2D eigenvalue weighted by Gasteiger charge is 2.23. The van der Waals surface area contributed by atoms with Gasteiger partial charge in [-0.1, -0.05) is 29.8 Å². The Balaban J connectivity index is 1.33.